The number of unbranched alkanes of at least 4 members (excludes halogenated alkanes) is 2. The van der Waals surface area contributed by atoms with Crippen LogP contribution < -0.4 is 5.32 Å². The Bertz CT molecular complexity index is 288. The van der Waals surface area contributed by atoms with Crippen LogP contribution >= 0.6 is 0 Å². The summed E-state index contributed by atoms with van der Waals surface area (Å²) in [5, 5.41) is 11.3. The second-order valence-electron chi connectivity index (χ2n) is 4.07. The first-order chi connectivity index (χ1) is 8.36. The van der Waals surface area contributed by atoms with E-state index in [2.05, 4.69) is 29.5 Å². The fourth-order valence-corrected chi connectivity index (χ4v) is 1.50. The van der Waals surface area contributed by atoms with Crippen LogP contribution in [0.15, 0.2) is 6.20 Å². The largest absolute Gasteiger partial charge is 0.380 e. The number of rotatable bonds is 10. The van der Waals surface area contributed by atoms with E-state index in [0.29, 0.717) is 6.61 Å². The van der Waals surface area contributed by atoms with Crippen LogP contribution in [-0.4, -0.2) is 34.8 Å². The molecule has 0 unspecified atom stereocenters. The molecular formula is C12H24N4O. The molecule has 0 atom stereocenters. The Morgan fingerprint density at radius 2 is 2.18 bits per heavy atom. The van der Waals surface area contributed by atoms with Gasteiger partial charge in [0, 0.05) is 19.3 Å². The SMILES string of the molecule is CCCCCOCCn1cc(CNCC)nn1. The Balaban J connectivity index is 2.08. The van der Waals surface area contributed by atoms with Crippen LogP contribution in [0, 0.1) is 0 Å². The molecule has 1 N–H and O–H groups in total. The van der Waals surface area contributed by atoms with Crippen LogP contribution in [0.1, 0.15) is 38.8 Å². The van der Waals surface area contributed by atoms with Crippen molar-refractivity contribution in [3.8, 4) is 0 Å². The molecule has 0 aliphatic carbocycles. The van der Waals surface area contributed by atoms with Crippen molar-refractivity contribution in [2.24, 2.45) is 0 Å². The van der Waals surface area contributed by atoms with E-state index in [0.717, 1.165) is 38.4 Å². The zero-order valence-electron chi connectivity index (χ0n) is 11.0. The molecule has 0 saturated heterocycles. The molecule has 0 aliphatic heterocycles. The first-order valence-electron chi connectivity index (χ1n) is 6.54. The Hall–Kier alpha value is -0.940. The maximum atomic E-state index is 5.53. The summed E-state index contributed by atoms with van der Waals surface area (Å²) in [4.78, 5) is 0. The average molecular weight is 240 g/mol. The molecule has 0 fully saturated rings. The molecule has 1 heterocycles. The summed E-state index contributed by atoms with van der Waals surface area (Å²) in [5.74, 6) is 0. The van der Waals surface area contributed by atoms with Gasteiger partial charge in [0.25, 0.3) is 0 Å². The van der Waals surface area contributed by atoms with Crippen LogP contribution in [0.5, 0.6) is 0 Å². The third kappa shape index (κ3) is 6.38. The lowest BCUT2D eigenvalue weighted by Crippen LogP contribution is -2.12. The summed E-state index contributed by atoms with van der Waals surface area (Å²) in [5.41, 5.74) is 0.984. The van der Waals surface area contributed by atoms with E-state index < -0.39 is 0 Å². The van der Waals surface area contributed by atoms with Gasteiger partial charge in [0.15, 0.2) is 0 Å². The molecule has 1 rings (SSSR count). The Kier molecular flexibility index (Phi) is 7.58. The summed E-state index contributed by atoms with van der Waals surface area (Å²) in [7, 11) is 0. The lowest BCUT2D eigenvalue weighted by Gasteiger charge is -2.03. The summed E-state index contributed by atoms with van der Waals surface area (Å²) in [6.07, 6.45) is 5.61. The van der Waals surface area contributed by atoms with Crippen molar-refractivity contribution in [2.75, 3.05) is 19.8 Å². The van der Waals surface area contributed by atoms with Crippen LogP contribution in [-0.2, 0) is 17.8 Å². The highest BCUT2D eigenvalue weighted by Gasteiger charge is 1.99. The van der Waals surface area contributed by atoms with E-state index in [1.54, 1.807) is 0 Å². The summed E-state index contributed by atoms with van der Waals surface area (Å²) < 4.78 is 7.37. The molecule has 5 nitrogen and oxygen atoms in total. The van der Waals surface area contributed by atoms with Gasteiger partial charge in [0.1, 0.15) is 0 Å². The summed E-state index contributed by atoms with van der Waals surface area (Å²) in [6, 6.07) is 0. The van der Waals surface area contributed by atoms with Crippen molar-refractivity contribution in [3.63, 3.8) is 0 Å². The van der Waals surface area contributed by atoms with E-state index in [-0.39, 0.29) is 0 Å². The van der Waals surface area contributed by atoms with Crippen molar-refractivity contribution >= 4 is 0 Å². The number of nitrogens with one attached hydrogen (secondary N) is 1. The lowest BCUT2D eigenvalue weighted by molar-refractivity contribution is 0.119. The standard InChI is InChI=1S/C12H24N4O/c1-3-5-6-8-17-9-7-16-11-12(14-15-16)10-13-4-2/h11,13H,3-10H2,1-2H3. The monoisotopic (exact) mass is 240 g/mol. The zero-order chi connectivity index (χ0) is 12.3. The van der Waals surface area contributed by atoms with E-state index in [9.17, 15) is 0 Å². The molecule has 5 heteroatoms. The van der Waals surface area contributed by atoms with Crippen LogP contribution in [0.25, 0.3) is 0 Å². The molecule has 98 valence electrons. The number of nitrogens with zero attached hydrogens (tertiary/aromatic N) is 3. The zero-order valence-corrected chi connectivity index (χ0v) is 11.0. The Morgan fingerprint density at radius 1 is 1.29 bits per heavy atom. The minimum Gasteiger partial charge on any atom is -0.380 e. The highest BCUT2D eigenvalue weighted by atomic mass is 16.5. The van der Waals surface area contributed by atoms with Crippen LogP contribution in [0.2, 0.25) is 0 Å². The third-order valence-electron chi connectivity index (χ3n) is 2.50. The van der Waals surface area contributed by atoms with Gasteiger partial charge in [0.2, 0.25) is 0 Å². The Labute approximate surface area is 104 Å². The molecule has 1 aromatic rings. The summed E-state index contributed by atoms with van der Waals surface area (Å²) in [6.45, 7) is 8.36. The summed E-state index contributed by atoms with van der Waals surface area (Å²) >= 11 is 0. The second-order valence-corrected chi connectivity index (χ2v) is 4.07. The topological polar surface area (TPSA) is 52.0 Å². The molecule has 1 aromatic heterocycles. The van der Waals surface area contributed by atoms with Crippen molar-refractivity contribution in [1.29, 1.82) is 0 Å². The van der Waals surface area contributed by atoms with Gasteiger partial charge in [-0.25, -0.2) is 4.68 Å². The van der Waals surface area contributed by atoms with Crippen molar-refractivity contribution in [2.45, 2.75) is 46.2 Å². The molecule has 0 spiro atoms. The van der Waals surface area contributed by atoms with Crippen molar-refractivity contribution in [3.05, 3.63) is 11.9 Å². The third-order valence-corrected chi connectivity index (χ3v) is 2.50. The molecule has 0 amide bonds. The Morgan fingerprint density at radius 3 is 2.94 bits per heavy atom. The number of ether oxygens (including phenoxy) is 1. The van der Waals surface area contributed by atoms with Gasteiger partial charge in [-0.2, -0.15) is 0 Å². The van der Waals surface area contributed by atoms with Gasteiger partial charge in [-0.3, -0.25) is 0 Å². The molecule has 0 bridgehead atoms. The van der Waals surface area contributed by atoms with Crippen LogP contribution in [0.3, 0.4) is 0 Å². The smallest absolute Gasteiger partial charge is 0.0964 e. The number of hydrogen-bond acceptors (Lipinski definition) is 4. The van der Waals surface area contributed by atoms with E-state index in [1.807, 2.05) is 10.9 Å². The van der Waals surface area contributed by atoms with Gasteiger partial charge in [-0.15, -0.1) is 5.10 Å². The van der Waals surface area contributed by atoms with Gasteiger partial charge >= 0.3 is 0 Å². The second kappa shape index (κ2) is 9.13. The molecule has 0 aromatic carbocycles. The van der Waals surface area contributed by atoms with Gasteiger partial charge in [-0.1, -0.05) is 31.9 Å². The maximum Gasteiger partial charge on any atom is 0.0964 e. The number of hydrogen-bond donors (Lipinski definition) is 1. The number of aromatic nitrogens is 3. The van der Waals surface area contributed by atoms with Gasteiger partial charge in [0.05, 0.1) is 18.8 Å². The molecule has 0 radical (unpaired) electrons. The molecule has 0 saturated carbocycles. The first-order valence-corrected chi connectivity index (χ1v) is 6.54. The van der Waals surface area contributed by atoms with Gasteiger partial charge < -0.3 is 10.1 Å². The fourth-order valence-electron chi connectivity index (χ4n) is 1.50. The van der Waals surface area contributed by atoms with E-state index in [4.69, 9.17) is 4.74 Å². The average Bonchev–Trinajstić information content (AvgIpc) is 2.79. The lowest BCUT2D eigenvalue weighted by atomic mass is 10.3. The minimum atomic E-state index is 0.716. The highest BCUT2D eigenvalue weighted by molar-refractivity contribution is 4.91. The fraction of sp³-hybridized carbons (Fsp3) is 0.833. The van der Waals surface area contributed by atoms with E-state index >= 15 is 0 Å². The molecule has 17 heavy (non-hydrogen) atoms. The van der Waals surface area contributed by atoms with Gasteiger partial charge in [-0.05, 0) is 13.0 Å². The highest BCUT2D eigenvalue weighted by Crippen LogP contribution is 1.95. The normalized spacial score (nSPS) is 10.9. The van der Waals surface area contributed by atoms with Crippen molar-refractivity contribution in [1.82, 2.24) is 20.3 Å². The predicted molar refractivity (Wildman–Crippen MR) is 67.7 cm³/mol. The quantitative estimate of drug-likeness (QED) is 0.631. The van der Waals surface area contributed by atoms with Crippen LogP contribution in [0.4, 0.5) is 0 Å². The maximum absolute atomic E-state index is 5.53. The van der Waals surface area contributed by atoms with Crippen molar-refractivity contribution < 1.29 is 4.74 Å². The predicted octanol–water partition coefficient (Wildman–Crippen LogP) is 1.59. The minimum absolute atomic E-state index is 0.716. The first kappa shape index (κ1) is 14.1. The van der Waals surface area contributed by atoms with E-state index in [1.165, 1.54) is 12.8 Å². The molecular weight excluding hydrogens is 216 g/mol. The molecule has 0 aliphatic rings.